The summed E-state index contributed by atoms with van der Waals surface area (Å²) in [5, 5.41) is 0. The van der Waals surface area contributed by atoms with Crippen LogP contribution >= 0.6 is 0 Å². The molecule has 2 fully saturated rings. The first-order valence-corrected chi connectivity index (χ1v) is 9.48. The van der Waals surface area contributed by atoms with Crippen molar-refractivity contribution in [2.75, 3.05) is 13.2 Å². The van der Waals surface area contributed by atoms with E-state index in [4.69, 9.17) is 13.6 Å². The van der Waals surface area contributed by atoms with Crippen LogP contribution in [0.25, 0.3) is 0 Å². The van der Waals surface area contributed by atoms with Crippen molar-refractivity contribution in [3.05, 3.63) is 0 Å². The van der Waals surface area contributed by atoms with E-state index in [2.05, 4.69) is 13.8 Å². The van der Waals surface area contributed by atoms with Crippen LogP contribution in [0.5, 0.6) is 0 Å². The van der Waals surface area contributed by atoms with E-state index in [0.29, 0.717) is 12.2 Å². The monoisotopic (exact) mass is 272 g/mol. The molecule has 0 aromatic carbocycles. The standard InChI is InChI=1S/C14H28O3Si/c1-3-15-18(16-4-2)10-6-5-7-12-8-9-13-14(11-12)17-13/h12-14,18H,3-11H2,1-2H3. The molecule has 2 aliphatic rings. The maximum absolute atomic E-state index is 5.69. The highest BCUT2D eigenvalue weighted by molar-refractivity contribution is 6.44. The van der Waals surface area contributed by atoms with Crippen molar-refractivity contribution in [2.45, 2.75) is 70.6 Å². The number of rotatable bonds is 9. The second-order valence-electron chi connectivity index (χ2n) is 5.52. The van der Waals surface area contributed by atoms with Gasteiger partial charge >= 0.3 is 9.28 Å². The zero-order valence-electron chi connectivity index (χ0n) is 11.9. The molecule has 3 atom stereocenters. The van der Waals surface area contributed by atoms with Crippen LogP contribution < -0.4 is 0 Å². The van der Waals surface area contributed by atoms with E-state index in [0.717, 1.165) is 19.1 Å². The first-order valence-electron chi connectivity index (χ1n) is 7.72. The summed E-state index contributed by atoms with van der Waals surface area (Å²) >= 11 is 0. The molecule has 0 amide bonds. The average Bonchev–Trinajstić information content (AvgIpc) is 3.13. The van der Waals surface area contributed by atoms with Gasteiger partial charge in [0.1, 0.15) is 0 Å². The van der Waals surface area contributed by atoms with Crippen LogP contribution in [0.4, 0.5) is 0 Å². The van der Waals surface area contributed by atoms with E-state index >= 15 is 0 Å². The predicted octanol–water partition coefficient (Wildman–Crippen LogP) is 3.02. The maximum atomic E-state index is 5.69. The minimum atomic E-state index is -1.34. The lowest BCUT2D eigenvalue weighted by atomic mass is 9.86. The van der Waals surface area contributed by atoms with E-state index in [1.54, 1.807) is 0 Å². The molecule has 0 N–H and O–H groups in total. The molecule has 18 heavy (non-hydrogen) atoms. The van der Waals surface area contributed by atoms with E-state index in [9.17, 15) is 0 Å². The second-order valence-corrected chi connectivity index (χ2v) is 7.62. The Kier molecular flexibility index (Phi) is 6.15. The van der Waals surface area contributed by atoms with Crippen molar-refractivity contribution in [3.8, 4) is 0 Å². The van der Waals surface area contributed by atoms with E-state index in [1.807, 2.05) is 0 Å². The normalized spacial score (nSPS) is 30.5. The molecular weight excluding hydrogens is 244 g/mol. The Hall–Kier alpha value is 0.0969. The van der Waals surface area contributed by atoms with Crippen LogP contribution in [0.2, 0.25) is 6.04 Å². The zero-order valence-corrected chi connectivity index (χ0v) is 13.1. The summed E-state index contributed by atoms with van der Waals surface area (Å²) in [5.74, 6) is 0.924. The number of fused-ring (bicyclic) bond motifs is 1. The second kappa shape index (κ2) is 7.63. The van der Waals surface area contributed by atoms with Crippen LogP contribution in [0.3, 0.4) is 0 Å². The lowest BCUT2D eigenvalue weighted by molar-refractivity contribution is 0.212. The molecule has 106 valence electrons. The Morgan fingerprint density at radius 3 is 2.50 bits per heavy atom. The van der Waals surface area contributed by atoms with Gasteiger partial charge in [-0.2, -0.15) is 0 Å². The molecule has 2 rings (SSSR count). The van der Waals surface area contributed by atoms with Gasteiger partial charge in [0, 0.05) is 13.2 Å². The molecule has 3 nitrogen and oxygen atoms in total. The smallest absolute Gasteiger partial charge is 0.321 e. The van der Waals surface area contributed by atoms with Gasteiger partial charge in [-0.15, -0.1) is 0 Å². The summed E-state index contributed by atoms with van der Waals surface area (Å²) in [7, 11) is -1.34. The Balaban J connectivity index is 1.51. The molecule has 4 heteroatoms. The van der Waals surface area contributed by atoms with Gasteiger partial charge < -0.3 is 13.6 Å². The molecule has 1 aliphatic heterocycles. The lowest BCUT2D eigenvalue weighted by Gasteiger charge is -2.19. The molecule has 1 saturated heterocycles. The fourth-order valence-electron chi connectivity index (χ4n) is 3.08. The van der Waals surface area contributed by atoms with Gasteiger partial charge in [-0.05, 0) is 45.1 Å². The van der Waals surface area contributed by atoms with Gasteiger partial charge in [-0.25, -0.2) is 0 Å². The van der Waals surface area contributed by atoms with E-state index in [-0.39, 0.29) is 0 Å². The highest BCUT2D eigenvalue weighted by Gasteiger charge is 2.43. The highest BCUT2D eigenvalue weighted by Crippen LogP contribution is 2.41. The first kappa shape index (κ1) is 14.5. The van der Waals surface area contributed by atoms with Gasteiger partial charge in [0.25, 0.3) is 0 Å². The van der Waals surface area contributed by atoms with Crippen LogP contribution in [0.1, 0.15) is 52.4 Å². The SMILES string of the molecule is CCO[SiH](CCCCC1CCC2OC2C1)OCC. The Bertz CT molecular complexity index is 227. The summed E-state index contributed by atoms with van der Waals surface area (Å²) in [4.78, 5) is 0. The summed E-state index contributed by atoms with van der Waals surface area (Å²) in [6.45, 7) is 5.74. The van der Waals surface area contributed by atoms with Gasteiger partial charge in [-0.1, -0.05) is 19.3 Å². The lowest BCUT2D eigenvalue weighted by Crippen LogP contribution is -2.22. The molecule has 3 unspecified atom stereocenters. The predicted molar refractivity (Wildman–Crippen MR) is 75.1 cm³/mol. The number of unbranched alkanes of at least 4 members (excludes halogenated alkanes) is 1. The summed E-state index contributed by atoms with van der Waals surface area (Å²) in [6, 6.07) is 1.18. The molecule has 0 aromatic heterocycles. The van der Waals surface area contributed by atoms with Gasteiger partial charge in [-0.3, -0.25) is 0 Å². The maximum Gasteiger partial charge on any atom is 0.321 e. The molecule has 1 saturated carbocycles. The molecule has 0 radical (unpaired) electrons. The molecular formula is C14H28O3Si. The van der Waals surface area contributed by atoms with Crippen molar-refractivity contribution in [1.29, 1.82) is 0 Å². The molecule has 1 aliphatic carbocycles. The summed E-state index contributed by atoms with van der Waals surface area (Å²) in [6.07, 6.45) is 9.30. The molecule has 1 heterocycles. The fourth-order valence-corrected chi connectivity index (χ4v) is 4.87. The van der Waals surface area contributed by atoms with Crippen molar-refractivity contribution in [1.82, 2.24) is 0 Å². The Morgan fingerprint density at radius 2 is 1.83 bits per heavy atom. The Morgan fingerprint density at radius 1 is 1.06 bits per heavy atom. The van der Waals surface area contributed by atoms with Crippen LogP contribution in [0.15, 0.2) is 0 Å². The third-order valence-corrected chi connectivity index (χ3v) is 6.41. The van der Waals surface area contributed by atoms with Crippen molar-refractivity contribution < 1.29 is 13.6 Å². The number of ether oxygens (including phenoxy) is 1. The zero-order chi connectivity index (χ0) is 12.8. The van der Waals surface area contributed by atoms with E-state index < -0.39 is 9.28 Å². The van der Waals surface area contributed by atoms with Gasteiger partial charge in [0.05, 0.1) is 12.2 Å². The fraction of sp³-hybridized carbons (Fsp3) is 1.00. The van der Waals surface area contributed by atoms with Crippen molar-refractivity contribution in [2.24, 2.45) is 5.92 Å². The van der Waals surface area contributed by atoms with Gasteiger partial charge in [0.15, 0.2) is 0 Å². The minimum absolute atomic E-state index is 0.637. The third-order valence-electron chi connectivity index (χ3n) is 4.12. The molecule has 0 aromatic rings. The minimum Gasteiger partial charge on any atom is -0.397 e. The quantitative estimate of drug-likeness (QED) is 0.367. The highest BCUT2D eigenvalue weighted by atomic mass is 28.3. The summed E-state index contributed by atoms with van der Waals surface area (Å²) < 4.78 is 17.0. The summed E-state index contributed by atoms with van der Waals surface area (Å²) in [5.41, 5.74) is 0. The Labute approximate surface area is 113 Å². The van der Waals surface area contributed by atoms with Crippen molar-refractivity contribution >= 4 is 9.28 Å². The topological polar surface area (TPSA) is 31.0 Å². The van der Waals surface area contributed by atoms with Crippen LogP contribution in [0, 0.1) is 5.92 Å². The first-order chi connectivity index (χ1) is 8.83. The van der Waals surface area contributed by atoms with Crippen molar-refractivity contribution in [3.63, 3.8) is 0 Å². The van der Waals surface area contributed by atoms with E-state index in [1.165, 1.54) is 44.6 Å². The van der Waals surface area contributed by atoms with Gasteiger partial charge in [0.2, 0.25) is 0 Å². The molecule has 0 bridgehead atoms. The average molecular weight is 272 g/mol. The number of hydrogen-bond acceptors (Lipinski definition) is 3. The number of epoxide rings is 1. The van der Waals surface area contributed by atoms with Crippen LogP contribution in [-0.2, 0) is 13.6 Å². The largest absolute Gasteiger partial charge is 0.397 e. The third kappa shape index (κ3) is 4.65. The molecule has 0 spiro atoms. The number of hydrogen-bond donors (Lipinski definition) is 0. The van der Waals surface area contributed by atoms with Crippen LogP contribution in [-0.4, -0.2) is 34.7 Å².